The van der Waals surface area contributed by atoms with Gasteiger partial charge >= 0.3 is 0 Å². The molecule has 1 nitrogen and oxygen atoms in total. The summed E-state index contributed by atoms with van der Waals surface area (Å²) in [5, 5.41) is 0. The lowest BCUT2D eigenvalue weighted by Crippen LogP contribution is -2.01. The van der Waals surface area contributed by atoms with Crippen molar-refractivity contribution in [3.63, 3.8) is 0 Å². The molecule has 0 spiro atoms. The van der Waals surface area contributed by atoms with E-state index >= 15 is 0 Å². The van der Waals surface area contributed by atoms with Crippen LogP contribution in [0.25, 0.3) is 0 Å². The third-order valence-electron chi connectivity index (χ3n) is 2.61. The van der Waals surface area contributed by atoms with E-state index in [0.717, 1.165) is 5.75 Å². The summed E-state index contributed by atoms with van der Waals surface area (Å²) in [6, 6.07) is 6.51. The first-order chi connectivity index (χ1) is 6.66. The smallest absolute Gasteiger partial charge is 0.123 e. The van der Waals surface area contributed by atoms with E-state index in [0.29, 0.717) is 12.0 Å². The Balaban J connectivity index is 2.27. The second kappa shape index (κ2) is 3.64. The summed E-state index contributed by atoms with van der Waals surface area (Å²) in [5.74, 6) is 1.65. The van der Waals surface area contributed by atoms with Crippen molar-refractivity contribution in [3.05, 3.63) is 29.3 Å². The number of aryl methyl sites for hydroxylation is 1. The van der Waals surface area contributed by atoms with Gasteiger partial charge in [0.2, 0.25) is 0 Å². The highest BCUT2D eigenvalue weighted by Gasteiger charge is 2.24. The molecule has 1 aromatic carbocycles. The zero-order valence-corrected chi connectivity index (χ0v) is 9.21. The molecule has 0 heterocycles. The van der Waals surface area contributed by atoms with Crippen LogP contribution in [0.5, 0.6) is 5.75 Å². The molecule has 1 heteroatoms. The van der Waals surface area contributed by atoms with Gasteiger partial charge in [0, 0.05) is 0 Å². The van der Waals surface area contributed by atoms with Crippen LogP contribution in [0.1, 0.15) is 43.7 Å². The third kappa shape index (κ3) is 2.09. The third-order valence-corrected chi connectivity index (χ3v) is 2.61. The molecule has 1 aliphatic carbocycles. The summed E-state index contributed by atoms with van der Waals surface area (Å²) >= 11 is 0. The van der Waals surface area contributed by atoms with Crippen molar-refractivity contribution in [2.45, 2.75) is 45.6 Å². The molecule has 76 valence electrons. The molecule has 0 radical (unpaired) electrons. The number of ether oxygens (including phenoxy) is 1. The Hall–Kier alpha value is -0.980. The highest BCUT2D eigenvalue weighted by atomic mass is 16.5. The largest absolute Gasteiger partial charge is 0.490 e. The number of rotatable bonds is 3. The molecule has 0 unspecified atom stereocenters. The molecule has 1 saturated carbocycles. The van der Waals surface area contributed by atoms with Gasteiger partial charge in [-0.05, 0) is 42.9 Å². The summed E-state index contributed by atoms with van der Waals surface area (Å²) < 4.78 is 5.90. The minimum absolute atomic E-state index is 0.495. The minimum Gasteiger partial charge on any atom is -0.490 e. The van der Waals surface area contributed by atoms with Crippen molar-refractivity contribution in [2.24, 2.45) is 0 Å². The van der Waals surface area contributed by atoms with E-state index in [1.54, 1.807) is 0 Å². The van der Waals surface area contributed by atoms with Crippen molar-refractivity contribution in [3.8, 4) is 5.75 Å². The maximum atomic E-state index is 5.90. The van der Waals surface area contributed by atoms with Crippen LogP contribution < -0.4 is 4.74 Å². The van der Waals surface area contributed by atoms with Crippen LogP contribution in [-0.2, 0) is 0 Å². The van der Waals surface area contributed by atoms with E-state index in [-0.39, 0.29) is 0 Å². The van der Waals surface area contributed by atoms with Gasteiger partial charge in [-0.2, -0.15) is 0 Å². The number of hydrogen-bond donors (Lipinski definition) is 0. The summed E-state index contributed by atoms with van der Waals surface area (Å²) in [6.07, 6.45) is 2.95. The molecule has 2 rings (SSSR count). The Morgan fingerprint density at radius 1 is 1.29 bits per heavy atom. The molecule has 0 amide bonds. The van der Waals surface area contributed by atoms with Crippen molar-refractivity contribution in [1.29, 1.82) is 0 Å². The van der Waals surface area contributed by atoms with E-state index in [4.69, 9.17) is 4.74 Å². The van der Waals surface area contributed by atoms with Crippen molar-refractivity contribution in [2.75, 3.05) is 0 Å². The first-order valence-electron chi connectivity index (χ1n) is 5.44. The summed E-state index contributed by atoms with van der Waals surface area (Å²) in [4.78, 5) is 0. The zero-order chi connectivity index (χ0) is 10.1. The zero-order valence-electron chi connectivity index (χ0n) is 9.21. The molecule has 1 aliphatic rings. The predicted octanol–water partition coefficient (Wildman–Crippen LogP) is 3.66. The van der Waals surface area contributed by atoms with Gasteiger partial charge in [0.05, 0.1) is 6.10 Å². The molecular weight excluding hydrogens is 172 g/mol. The molecule has 0 atom stereocenters. The van der Waals surface area contributed by atoms with Gasteiger partial charge in [0.15, 0.2) is 0 Å². The lowest BCUT2D eigenvalue weighted by molar-refractivity contribution is 0.298. The van der Waals surface area contributed by atoms with Gasteiger partial charge in [0.1, 0.15) is 5.75 Å². The molecule has 14 heavy (non-hydrogen) atoms. The molecule has 1 fully saturated rings. The Morgan fingerprint density at radius 2 is 2.00 bits per heavy atom. The predicted molar refractivity (Wildman–Crippen MR) is 58.9 cm³/mol. The van der Waals surface area contributed by atoms with Gasteiger partial charge in [-0.1, -0.05) is 26.0 Å². The summed E-state index contributed by atoms with van der Waals surface area (Å²) in [6.45, 7) is 6.54. The van der Waals surface area contributed by atoms with Crippen molar-refractivity contribution < 1.29 is 4.74 Å². The Morgan fingerprint density at radius 3 is 2.57 bits per heavy atom. The minimum atomic E-state index is 0.495. The second-order valence-electron chi connectivity index (χ2n) is 4.51. The van der Waals surface area contributed by atoms with Crippen molar-refractivity contribution in [1.82, 2.24) is 0 Å². The fourth-order valence-corrected chi connectivity index (χ4v) is 1.59. The first-order valence-corrected chi connectivity index (χ1v) is 5.44. The van der Waals surface area contributed by atoms with E-state index in [9.17, 15) is 0 Å². The SMILES string of the molecule is Cc1ccc(C(C)C)c(OC2CC2)c1. The summed E-state index contributed by atoms with van der Waals surface area (Å²) in [5.41, 5.74) is 2.62. The average Bonchev–Trinajstić information content (AvgIpc) is 2.87. The monoisotopic (exact) mass is 190 g/mol. The molecule has 0 saturated heterocycles. The van der Waals surface area contributed by atoms with E-state index in [1.807, 2.05) is 0 Å². The molecule has 1 aromatic rings. The second-order valence-corrected chi connectivity index (χ2v) is 4.51. The maximum absolute atomic E-state index is 5.90. The molecular formula is C13H18O. The highest BCUT2D eigenvalue weighted by molar-refractivity contribution is 5.39. The van der Waals surface area contributed by atoms with Crippen LogP contribution in [0.4, 0.5) is 0 Å². The van der Waals surface area contributed by atoms with Crippen LogP contribution in [-0.4, -0.2) is 6.10 Å². The standard InChI is InChI=1S/C13H18O/c1-9(2)12-7-4-10(3)8-13(12)14-11-5-6-11/h4,7-9,11H,5-6H2,1-3H3. The molecule has 0 N–H and O–H groups in total. The lowest BCUT2D eigenvalue weighted by Gasteiger charge is -2.14. The van der Waals surface area contributed by atoms with Crippen LogP contribution in [0.2, 0.25) is 0 Å². The van der Waals surface area contributed by atoms with Crippen LogP contribution in [0.15, 0.2) is 18.2 Å². The van der Waals surface area contributed by atoms with Crippen molar-refractivity contribution >= 4 is 0 Å². The molecule has 0 aromatic heterocycles. The lowest BCUT2D eigenvalue weighted by atomic mass is 10.0. The molecule has 0 bridgehead atoms. The van der Waals surface area contributed by atoms with Crippen LogP contribution in [0, 0.1) is 6.92 Å². The van der Waals surface area contributed by atoms with Gasteiger partial charge in [-0.25, -0.2) is 0 Å². The van der Waals surface area contributed by atoms with E-state index in [1.165, 1.54) is 24.0 Å². The van der Waals surface area contributed by atoms with Gasteiger partial charge in [0.25, 0.3) is 0 Å². The Kier molecular flexibility index (Phi) is 2.49. The topological polar surface area (TPSA) is 9.23 Å². The fraction of sp³-hybridized carbons (Fsp3) is 0.538. The average molecular weight is 190 g/mol. The normalized spacial score (nSPS) is 16.0. The highest BCUT2D eigenvalue weighted by Crippen LogP contribution is 2.33. The van der Waals surface area contributed by atoms with E-state index in [2.05, 4.69) is 39.0 Å². The quantitative estimate of drug-likeness (QED) is 0.706. The summed E-state index contributed by atoms with van der Waals surface area (Å²) in [7, 11) is 0. The first kappa shape index (κ1) is 9.57. The van der Waals surface area contributed by atoms with Gasteiger partial charge < -0.3 is 4.74 Å². The Bertz CT molecular complexity index is 324. The van der Waals surface area contributed by atoms with E-state index < -0.39 is 0 Å². The fourth-order valence-electron chi connectivity index (χ4n) is 1.59. The van der Waals surface area contributed by atoms with Crippen LogP contribution >= 0.6 is 0 Å². The van der Waals surface area contributed by atoms with Gasteiger partial charge in [-0.15, -0.1) is 0 Å². The van der Waals surface area contributed by atoms with Crippen LogP contribution in [0.3, 0.4) is 0 Å². The Labute approximate surface area is 86.1 Å². The van der Waals surface area contributed by atoms with Gasteiger partial charge in [-0.3, -0.25) is 0 Å². The number of benzene rings is 1. The molecule has 0 aliphatic heterocycles. The number of hydrogen-bond acceptors (Lipinski definition) is 1. The maximum Gasteiger partial charge on any atom is 0.123 e.